The maximum Gasteiger partial charge on any atom is 0.207 e. The fourth-order valence-electron chi connectivity index (χ4n) is 6.51. The van der Waals surface area contributed by atoms with Crippen LogP contribution in [0.4, 0.5) is 5.95 Å². The van der Waals surface area contributed by atoms with Crippen LogP contribution < -0.4 is 9.64 Å². The molecule has 3 aliphatic rings. The molecule has 2 atom stereocenters. The summed E-state index contributed by atoms with van der Waals surface area (Å²) in [6, 6.07) is 4.38. The third kappa shape index (κ3) is 4.42. The maximum atomic E-state index is 9.97. The number of pyridine rings is 2. The molecule has 3 aromatic rings. The zero-order valence-electron chi connectivity index (χ0n) is 21.5. The molecule has 0 unspecified atom stereocenters. The van der Waals surface area contributed by atoms with Crippen LogP contribution >= 0.6 is 11.6 Å². The van der Waals surface area contributed by atoms with Gasteiger partial charge in [0.2, 0.25) is 5.95 Å². The first-order valence-corrected chi connectivity index (χ1v) is 13.8. The minimum Gasteiger partial charge on any atom is -0.491 e. The van der Waals surface area contributed by atoms with Crippen molar-refractivity contribution in [2.45, 2.75) is 70.6 Å². The lowest BCUT2D eigenvalue weighted by molar-refractivity contribution is 0.0247. The van der Waals surface area contributed by atoms with Crippen molar-refractivity contribution in [3.8, 4) is 23.1 Å². The van der Waals surface area contributed by atoms with E-state index >= 15 is 0 Å². The Balaban J connectivity index is 1.59. The van der Waals surface area contributed by atoms with Crippen LogP contribution in [0.1, 0.15) is 57.6 Å². The van der Waals surface area contributed by atoms with Crippen molar-refractivity contribution in [2.75, 3.05) is 25.2 Å². The van der Waals surface area contributed by atoms with Gasteiger partial charge in [-0.15, -0.1) is 0 Å². The Bertz CT molecular complexity index is 1340. The summed E-state index contributed by atoms with van der Waals surface area (Å²) in [6.07, 6.45) is 11.8. The van der Waals surface area contributed by atoms with Gasteiger partial charge in [-0.25, -0.2) is 9.97 Å². The lowest BCUT2D eigenvalue weighted by Gasteiger charge is -2.39. The molecule has 3 fully saturated rings. The summed E-state index contributed by atoms with van der Waals surface area (Å²) in [4.78, 5) is 16.8. The second-order valence-corrected chi connectivity index (χ2v) is 11.2. The van der Waals surface area contributed by atoms with E-state index in [1.54, 1.807) is 19.5 Å². The molecule has 1 saturated heterocycles. The van der Waals surface area contributed by atoms with Crippen molar-refractivity contribution in [2.24, 2.45) is 11.8 Å². The molecule has 6 rings (SSSR count). The van der Waals surface area contributed by atoms with Crippen LogP contribution in [0.5, 0.6) is 5.75 Å². The van der Waals surface area contributed by atoms with Crippen LogP contribution in [-0.4, -0.2) is 51.9 Å². The van der Waals surface area contributed by atoms with Crippen LogP contribution in [-0.2, 0) is 11.3 Å². The van der Waals surface area contributed by atoms with Gasteiger partial charge in [0.1, 0.15) is 17.1 Å². The number of methoxy groups -OCH3 is 1. The number of fused-ring (bicyclic) bond motifs is 2. The Morgan fingerprint density at radius 1 is 1.16 bits per heavy atom. The minimum absolute atomic E-state index is 0.216. The van der Waals surface area contributed by atoms with Gasteiger partial charge in [0.05, 0.1) is 36.6 Å². The molecule has 0 bridgehead atoms. The van der Waals surface area contributed by atoms with Crippen LogP contribution in [0.2, 0.25) is 5.02 Å². The summed E-state index contributed by atoms with van der Waals surface area (Å²) in [6.45, 7) is 4.69. The standard InChI is InChI=1S/C28H33ClN6O2/c1-17-6-8-18(9-7-17)16-35-26-24(19-12-20(29)15-31-14-19)32-21(13-30)27(36-2)25(26)33-28(35)34-10-11-37-23-5-3-4-22(23)34/h12,14-15,17-18,22-23H,3-11,16H2,1-2H3/t17-,18-,22-,23-/m1/s1. The van der Waals surface area contributed by atoms with E-state index in [1.165, 1.54) is 25.7 Å². The first-order chi connectivity index (χ1) is 18.1. The number of rotatable bonds is 5. The molecule has 0 N–H and O–H groups in total. The average Bonchev–Trinajstić information content (AvgIpc) is 3.54. The summed E-state index contributed by atoms with van der Waals surface area (Å²) in [5, 5.41) is 10.5. The van der Waals surface area contributed by atoms with Crippen LogP contribution in [0.3, 0.4) is 0 Å². The fourth-order valence-corrected chi connectivity index (χ4v) is 6.69. The lowest BCUT2D eigenvalue weighted by atomic mass is 9.83. The SMILES string of the molecule is COc1c(C#N)nc(-c2cncc(Cl)c2)c2c1nc(N1CCO[C@@H]3CCC[C@H]31)n2C[C@H]1CC[C@H](C)CC1. The Morgan fingerprint density at radius 2 is 2.00 bits per heavy atom. The number of ether oxygens (including phenoxy) is 2. The molecule has 9 heteroatoms. The molecule has 0 aromatic carbocycles. The van der Waals surface area contributed by atoms with E-state index in [1.807, 2.05) is 6.07 Å². The lowest BCUT2D eigenvalue weighted by Crippen LogP contribution is -2.49. The monoisotopic (exact) mass is 520 g/mol. The predicted octanol–water partition coefficient (Wildman–Crippen LogP) is 5.61. The van der Waals surface area contributed by atoms with E-state index in [4.69, 9.17) is 31.0 Å². The van der Waals surface area contributed by atoms with Gasteiger partial charge in [0.25, 0.3) is 0 Å². The highest BCUT2D eigenvalue weighted by Crippen LogP contribution is 2.42. The van der Waals surface area contributed by atoms with Gasteiger partial charge >= 0.3 is 0 Å². The number of nitriles is 1. The van der Waals surface area contributed by atoms with Crippen molar-refractivity contribution in [3.05, 3.63) is 29.2 Å². The Morgan fingerprint density at radius 3 is 2.76 bits per heavy atom. The molecule has 3 aromatic heterocycles. The van der Waals surface area contributed by atoms with Crippen molar-refractivity contribution in [1.29, 1.82) is 5.26 Å². The van der Waals surface area contributed by atoms with Crippen LogP contribution in [0.25, 0.3) is 22.3 Å². The van der Waals surface area contributed by atoms with Crippen molar-refractivity contribution >= 4 is 28.6 Å². The third-order valence-corrected chi connectivity index (χ3v) is 8.64. The molecule has 0 spiro atoms. The number of hydrogen-bond acceptors (Lipinski definition) is 7. The van der Waals surface area contributed by atoms with Gasteiger partial charge in [-0.05, 0) is 50.0 Å². The normalized spacial score (nSPS) is 25.7. The molecule has 0 amide bonds. The summed E-state index contributed by atoms with van der Waals surface area (Å²) in [5.74, 6) is 2.69. The van der Waals surface area contributed by atoms with Gasteiger partial charge in [0, 0.05) is 31.0 Å². The molecule has 1 aliphatic heterocycles. The fraction of sp³-hybridized carbons (Fsp3) is 0.571. The van der Waals surface area contributed by atoms with E-state index in [2.05, 4.69) is 27.4 Å². The van der Waals surface area contributed by atoms with Crippen molar-refractivity contribution < 1.29 is 9.47 Å². The highest BCUT2D eigenvalue weighted by Gasteiger charge is 2.39. The molecule has 37 heavy (non-hydrogen) atoms. The van der Waals surface area contributed by atoms with Crippen LogP contribution in [0, 0.1) is 23.2 Å². The number of halogens is 1. The molecular weight excluding hydrogens is 488 g/mol. The first-order valence-electron chi connectivity index (χ1n) is 13.4. The van der Waals surface area contributed by atoms with Crippen LogP contribution in [0.15, 0.2) is 18.5 Å². The number of hydrogen-bond donors (Lipinski definition) is 0. The van der Waals surface area contributed by atoms with Crippen molar-refractivity contribution in [1.82, 2.24) is 19.5 Å². The van der Waals surface area contributed by atoms with Gasteiger partial charge in [0.15, 0.2) is 11.4 Å². The minimum atomic E-state index is 0.216. The predicted molar refractivity (Wildman–Crippen MR) is 143 cm³/mol. The highest BCUT2D eigenvalue weighted by molar-refractivity contribution is 6.30. The average molecular weight is 521 g/mol. The Labute approximate surface area is 222 Å². The first kappa shape index (κ1) is 24.4. The number of anilines is 1. The molecule has 2 aliphatic carbocycles. The quantitative estimate of drug-likeness (QED) is 0.432. The third-order valence-electron chi connectivity index (χ3n) is 8.43. The van der Waals surface area contributed by atoms with Gasteiger partial charge in [-0.2, -0.15) is 5.26 Å². The summed E-state index contributed by atoms with van der Waals surface area (Å²) in [7, 11) is 1.58. The molecule has 4 heterocycles. The number of nitrogens with zero attached hydrogens (tertiary/aromatic N) is 6. The van der Waals surface area contributed by atoms with E-state index < -0.39 is 0 Å². The topological polar surface area (TPSA) is 89.1 Å². The summed E-state index contributed by atoms with van der Waals surface area (Å²) in [5.41, 5.74) is 3.20. The van der Waals surface area contributed by atoms with E-state index in [0.29, 0.717) is 40.5 Å². The van der Waals surface area contributed by atoms with E-state index in [0.717, 1.165) is 55.3 Å². The second kappa shape index (κ2) is 10.1. The zero-order valence-corrected chi connectivity index (χ0v) is 22.2. The molecule has 2 saturated carbocycles. The van der Waals surface area contributed by atoms with E-state index in [-0.39, 0.29) is 11.8 Å². The number of morpholine rings is 1. The molecule has 8 nitrogen and oxygen atoms in total. The highest BCUT2D eigenvalue weighted by atomic mass is 35.5. The zero-order chi connectivity index (χ0) is 25.5. The van der Waals surface area contributed by atoms with Gasteiger partial charge < -0.3 is 18.9 Å². The van der Waals surface area contributed by atoms with Gasteiger partial charge in [-0.1, -0.05) is 31.4 Å². The molecular formula is C28H33ClN6O2. The number of imidazole rings is 1. The summed E-state index contributed by atoms with van der Waals surface area (Å²) < 4.78 is 14.3. The Hall–Kier alpha value is -2.89. The van der Waals surface area contributed by atoms with Gasteiger partial charge in [-0.3, -0.25) is 4.98 Å². The molecule has 0 radical (unpaired) electrons. The largest absolute Gasteiger partial charge is 0.491 e. The second-order valence-electron chi connectivity index (χ2n) is 10.8. The Kier molecular flexibility index (Phi) is 6.68. The van der Waals surface area contributed by atoms with E-state index in [9.17, 15) is 5.26 Å². The van der Waals surface area contributed by atoms with Crippen molar-refractivity contribution in [3.63, 3.8) is 0 Å². The smallest absolute Gasteiger partial charge is 0.207 e. The summed E-state index contributed by atoms with van der Waals surface area (Å²) >= 11 is 6.35. The molecule has 194 valence electrons. The maximum absolute atomic E-state index is 9.97. The number of aromatic nitrogens is 4.